The molecular weight excluding hydrogens is 347 g/mol. The van der Waals surface area contributed by atoms with Gasteiger partial charge in [-0.15, -0.1) is 0 Å². The van der Waals surface area contributed by atoms with Crippen LogP contribution in [-0.2, 0) is 0 Å². The Morgan fingerprint density at radius 2 is 2.17 bits per heavy atom. The first kappa shape index (κ1) is 15.2. The Hall–Kier alpha value is -0.890. The number of nitro benzene ring substituents is 1. The van der Waals surface area contributed by atoms with E-state index in [0.29, 0.717) is 13.0 Å². The Balaban J connectivity index is 2.71. The molecule has 6 heteroatoms. The molecule has 1 aromatic carbocycles. The van der Waals surface area contributed by atoms with E-state index in [0.717, 1.165) is 9.26 Å². The van der Waals surface area contributed by atoms with Crippen molar-refractivity contribution in [3.8, 4) is 0 Å². The van der Waals surface area contributed by atoms with Crippen LogP contribution in [-0.4, -0.2) is 23.2 Å². The molecule has 0 bridgehead atoms. The lowest BCUT2D eigenvalue weighted by molar-refractivity contribution is -0.384. The summed E-state index contributed by atoms with van der Waals surface area (Å²) in [6.45, 7) is 5.00. The smallest absolute Gasteiger partial charge is 0.270 e. The molecule has 0 heterocycles. The van der Waals surface area contributed by atoms with Crippen molar-refractivity contribution in [1.29, 1.82) is 0 Å². The fraction of sp³-hybridized carbons (Fsp3) is 0.500. The molecule has 0 radical (unpaired) electrons. The van der Waals surface area contributed by atoms with Crippen LogP contribution in [0.1, 0.15) is 20.3 Å². The normalized spacial score (nSPS) is 11.3. The maximum Gasteiger partial charge on any atom is 0.270 e. The second-order valence-electron chi connectivity index (χ2n) is 4.91. The summed E-state index contributed by atoms with van der Waals surface area (Å²) in [5, 5.41) is 22.8. The Morgan fingerprint density at radius 3 is 2.67 bits per heavy atom. The summed E-state index contributed by atoms with van der Waals surface area (Å²) < 4.78 is 0.821. The number of aliphatic hydroxyl groups is 1. The molecule has 18 heavy (non-hydrogen) atoms. The van der Waals surface area contributed by atoms with Gasteiger partial charge in [0.1, 0.15) is 0 Å². The van der Waals surface area contributed by atoms with Crippen LogP contribution in [0.4, 0.5) is 11.4 Å². The minimum Gasteiger partial charge on any atom is -0.396 e. The number of nitro groups is 1. The predicted molar refractivity (Wildman–Crippen MR) is 79.8 cm³/mol. The maximum absolute atomic E-state index is 10.6. The molecule has 0 atom stereocenters. The SMILES string of the molecule is CC(C)(CCO)CNc1ccc([N+](=O)[O-])cc1I. The first-order chi connectivity index (χ1) is 8.35. The molecule has 5 nitrogen and oxygen atoms in total. The van der Waals surface area contributed by atoms with Crippen molar-refractivity contribution in [3.63, 3.8) is 0 Å². The number of nitrogens with zero attached hydrogens (tertiary/aromatic N) is 1. The van der Waals surface area contributed by atoms with E-state index in [1.165, 1.54) is 6.07 Å². The Morgan fingerprint density at radius 1 is 1.50 bits per heavy atom. The molecule has 0 aliphatic heterocycles. The van der Waals surface area contributed by atoms with E-state index >= 15 is 0 Å². The maximum atomic E-state index is 10.6. The van der Waals surface area contributed by atoms with E-state index in [1.807, 2.05) is 0 Å². The standard InChI is InChI=1S/C12H17IN2O3/c1-12(2,5-6-16)8-14-11-4-3-9(15(17)18)7-10(11)13/h3-4,7,14,16H,5-6,8H2,1-2H3. The van der Waals surface area contributed by atoms with Gasteiger partial charge in [0, 0.05) is 34.5 Å². The highest BCUT2D eigenvalue weighted by atomic mass is 127. The van der Waals surface area contributed by atoms with E-state index in [2.05, 4.69) is 41.8 Å². The highest BCUT2D eigenvalue weighted by Crippen LogP contribution is 2.26. The van der Waals surface area contributed by atoms with Gasteiger partial charge in [-0.3, -0.25) is 10.1 Å². The van der Waals surface area contributed by atoms with Crippen molar-refractivity contribution in [2.24, 2.45) is 5.41 Å². The quantitative estimate of drug-likeness (QED) is 0.462. The topological polar surface area (TPSA) is 75.4 Å². The molecular formula is C12H17IN2O3. The van der Waals surface area contributed by atoms with Gasteiger partial charge in [0.05, 0.1) is 4.92 Å². The third-order valence-corrected chi connectivity index (χ3v) is 3.60. The number of hydrogen-bond donors (Lipinski definition) is 2. The number of anilines is 1. The number of rotatable bonds is 6. The molecule has 1 aromatic rings. The van der Waals surface area contributed by atoms with Crippen LogP contribution in [0, 0.1) is 19.1 Å². The highest BCUT2D eigenvalue weighted by Gasteiger charge is 2.17. The van der Waals surface area contributed by atoms with Crippen LogP contribution in [0.3, 0.4) is 0 Å². The molecule has 0 fully saturated rings. The Kier molecular flexibility index (Phi) is 5.33. The van der Waals surface area contributed by atoms with Gasteiger partial charge < -0.3 is 10.4 Å². The van der Waals surface area contributed by atoms with Gasteiger partial charge in [-0.2, -0.15) is 0 Å². The minimum atomic E-state index is -0.401. The first-order valence-electron chi connectivity index (χ1n) is 5.64. The van der Waals surface area contributed by atoms with E-state index in [9.17, 15) is 10.1 Å². The molecule has 0 amide bonds. The zero-order chi connectivity index (χ0) is 13.8. The molecule has 0 spiro atoms. The van der Waals surface area contributed by atoms with Crippen molar-refractivity contribution in [2.45, 2.75) is 20.3 Å². The summed E-state index contributed by atoms with van der Waals surface area (Å²) in [5.41, 5.74) is 0.964. The number of nitrogens with one attached hydrogen (secondary N) is 1. The van der Waals surface area contributed by atoms with Gasteiger partial charge in [-0.1, -0.05) is 13.8 Å². The third kappa shape index (κ3) is 4.41. The van der Waals surface area contributed by atoms with E-state index < -0.39 is 4.92 Å². The summed E-state index contributed by atoms with van der Waals surface area (Å²) in [6, 6.07) is 4.75. The Labute approximate surface area is 120 Å². The van der Waals surface area contributed by atoms with Crippen molar-refractivity contribution < 1.29 is 10.0 Å². The molecule has 100 valence electrons. The predicted octanol–water partition coefficient (Wildman–Crippen LogP) is 3.02. The molecule has 2 N–H and O–H groups in total. The van der Waals surface area contributed by atoms with Gasteiger partial charge in [0.25, 0.3) is 5.69 Å². The number of hydrogen-bond acceptors (Lipinski definition) is 4. The number of non-ortho nitro benzene ring substituents is 1. The van der Waals surface area contributed by atoms with E-state index in [1.54, 1.807) is 12.1 Å². The second kappa shape index (κ2) is 6.33. The molecule has 0 aromatic heterocycles. The highest BCUT2D eigenvalue weighted by molar-refractivity contribution is 14.1. The average Bonchev–Trinajstić information content (AvgIpc) is 2.27. The number of halogens is 1. The molecule has 0 saturated carbocycles. The molecule has 0 aliphatic rings. The van der Waals surface area contributed by atoms with Gasteiger partial charge >= 0.3 is 0 Å². The van der Waals surface area contributed by atoms with Crippen molar-refractivity contribution in [1.82, 2.24) is 0 Å². The fourth-order valence-corrected chi connectivity index (χ4v) is 2.18. The van der Waals surface area contributed by atoms with Crippen molar-refractivity contribution in [2.75, 3.05) is 18.5 Å². The lowest BCUT2D eigenvalue weighted by atomic mass is 9.90. The van der Waals surface area contributed by atoms with Gasteiger partial charge in [0.15, 0.2) is 0 Å². The van der Waals surface area contributed by atoms with Gasteiger partial charge in [-0.25, -0.2) is 0 Å². The van der Waals surface area contributed by atoms with Crippen LogP contribution in [0.5, 0.6) is 0 Å². The third-order valence-electron chi connectivity index (χ3n) is 2.71. The van der Waals surface area contributed by atoms with Crippen LogP contribution in [0.25, 0.3) is 0 Å². The number of benzene rings is 1. The largest absolute Gasteiger partial charge is 0.396 e. The Bertz CT molecular complexity index is 435. The molecule has 0 aliphatic carbocycles. The van der Waals surface area contributed by atoms with Gasteiger partial charge in [0.2, 0.25) is 0 Å². The lowest BCUT2D eigenvalue weighted by Gasteiger charge is -2.24. The summed E-state index contributed by atoms with van der Waals surface area (Å²) in [5.74, 6) is 0. The average molecular weight is 364 g/mol. The molecule has 1 rings (SSSR count). The van der Waals surface area contributed by atoms with Crippen LogP contribution >= 0.6 is 22.6 Å². The fourth-order valence-electron chi connectivity index (χ4n) is 1.49. The van der Waals surface area contributed by atoms with E-state index in [4.69, 9.17) is 5.11 Å². The minimum absolute atomic E-state index is 0.0143. The first-order valence-corrected chi connectivity index (χ1v) is 6.72. The van der Waals surface area contributed by atoms with Crippen LogP contribution < -0.4 is 5.32 Å². The van der Waals surface area contributed by atoms with Crippen molar-refractivity contribution in [3.05, 3.63) is 31.9 Å². The lowest BCUT2D eigenvalue weighted by Crippen LogP contribution is -2.24. The zero-order valence-corrected chi connectivity index (χ0v) is 12.6. The molecule has 0 unspecified atom stereocenters. The van der Waals surface area contributed by atoms with Gasteiger partial charge in [-0.05, 0) is 40.5 Å². The van der Waals surface area contributed by atoms with Crippen LogP contribution in [0.15, 0.2) is 18.2 Å². The van der Waals surface area contributed by atoms with Crippen molar-refractivity contribution >= 4 is 34.0 Å². The van der Waals surface area contributed by atoms with E-state index in [-0.39, 0.29) is 17.7 Å². The summed E-state index contributed by atoms with van der Waals surface area (Å²) >= 11 is 2.08. The second-order valence-corrected chi connectivity index (χ2v) is 6.07. The summed E-state index contributed by atoms with van der Waals surface area (Å²) in [7, 11) is 0. The summed E-state index contributed by atoms with van der Waals surface area (Å²) in [4.78, 5) is 10.2. The molecule has 0 saturated heterocycles. The monoisotopic (exact) mass is 364 g/mol. The van der Waals surface area contributed by atoms with Crippen LogP contribution in [0.2, 0.25) is 0 Å². The zero-order valence-electron chi connectivity index (χ0n) is 10.4. The summed E-state index contributed by atoms with van der Waals surface area (Å²) in [6.07, 6.45) is 0.712. The number of aliphatic hydroxyl groups excluding tert-OH is 1.